The molecule has 0 radical (unpaired) electrons. The van der Waals surface area contributed by atoms with Crippen LogP contribution in [0.3, 0.4) is 0 Å². The standard InChI is InChI=1S/C18H40OSi/c1-5-7-8-9-10-11-12-13-14-15-16-17-18-19-20(3,4)6-2/h5-18H2,1-4H3. The second kappa shape index (κ2) is 14.1. The molecule has 2 heteroatoms. The predicted molar refractivity (Wildman–Crippen MR) is 95.0 cm³/mol. The summed E-state index contributed by atoms with van der Waals surface area (Å²) >= 11 is 0. The van der Waals surface area contributed by atoms with Crippen molar-refractivity contribution >= 4 is 8.32 Å². The van der Waals surface area contributed by atoms with Gasteiger partial charge in [0.25, 0.3) is 0 Å². The highest BCUT2D eigenvalue weighted by atomic mass is 28.4. The minimum absolute atomic E-state index is 1.00. The van der Waals surface area contributed by atoms with Crippen molar-refractivity contribution in [2.75, 3.05) is 6.61 Å². The molecule has 0 aliphatic rings. The molecule has 122 valence electrons. The van der Waals surface area contributed by atoms with E-state index >= 15 is 0 Å². The molecule has 0 saturated heterocycles. The van der Waals surface area contributed by atoms with E-state index in [1.54, 1.807) is 0 Å². The molecular weight excluding hydrogens is 260 g/mol. The van der Waals surface area contributed by atoms with Crippen molar-refractivity contribution in [3.63, 3.8) is 0 Å². The summed E-state index contributed by atoms with van der Waals surface area (Å²) in [5.74, 6) is 0. The molecule has 0 spiro atoms. The molecule has 0 amide bonds. The minimum Gasteiger partial charge on any atom is -0.417 e. The highest BCUT2D eigenvalue weighted by Gasteiger charge is 2.18. The molecular formula is C18H40OSi. The zero-order chi connectivity index (χ0) is 15.1. The lowest BCUT2D eigenvalue weighted by molar-refractivity contribution is 0.294. The normalized spacial score (nSPS) is 12.0. The first-order chi connectivity index (χ1) is 9.62. The van der Waals surface area contributed by atoms with E-state index in [0.29, 0.717) is 0 Å². The fourth-order valence-electron chi connectivity index (χ4n) is 2.39. The van der Waals surface area contributed by atoms with Gasteiger partial charge in [-0.05, 0) is 25.6 Å². The summed E-state index contributed by atoms with van der Waals surface area (Å²) in [5.41, 5.74) is 0. The number of hydrogen-bond acceptors (Lipinski definition) is 1. The Bertz CT molecular complexity index is 192. The van der Waals surface area contributed by atoms with Crippen LogP contribution >= 0.6 is 0 Å². The fraction of sp³-hybridized carbons (Fsp3) is 1.00. The van der Waals surface area contributed by atoms with Gasteiger partial charge in [-0.3, -0.25) is 0 Å². The van der Waals surface area contributed by atoms with Crippen LogP contribution in [0.25, 0.3) is 0 Å². The zero-order valence-electron chi connectivity index (χ0n) is 14.8. The largest absolute Gasteiger partial charge is 0.417 e. The molecule has 0 saturated carbocycles. The number of hydrogen-bond donors (Lipinski definition) is 0. The lowest BCUT2D eigenvalue weighted by Gasteiger charge is -2.20. The van der Waals surface area contributed by atoms with Gasteiger partial charge in [-0.15, -0.1) is 0 Å². The Balaban J connectivity index is 3.06. The van der Waals surface area contributed by atoms with E-state index in [0.717, 1.165) is 6.61 Å². The second-order valence-corrected chi connectivity index (χ2v) is 11.4. The summed E-state index contributed by atoms with van der Waals surface area (Å²) in [7, 11) is -1.28. The molecule has 0 bridgehead atoms. The van der Waals surface area contributed by atoms with Crippen LogP contribution < -0.4 is 0 Å². The van der Waals surface area contributed by atoms with Gasteiger partial charge in [0.15, 0.2) is 8.32 Å². The van der Waals surface area contributed by atoms with Crippen molar-refractivity contribution in [3.8, 4) is 0 Å². The van der Waals surface area contributed by atoms with E-state index in [1.807, 2.05) is 0 Å². The summed E-state index contributed by atoms with van der Waals surface area (Å²) in [5, 5.41) is 0. The quantitative estimate of drug-likeness (QED) is 0.235. The van der Waals surface area contributed by atoms with E-state index in [1.165, 1.54) is 83.1 Å². The van der Waals surface area contributed by atoms with Crippen LogP contribution in [0.2, 0.25) is 19.1 Å². The number of unbranched alkanes of at least 4 members (excludes halogenated alkanes) is 11. The van der Waals surface area contributed by atoms with Gasteiger partial charge in [0, 0.05) is 6.61 Å². The smallest absolute Gasteiger partial charge is 0.186 e. The molecule has 0 rings (SSSR count). The van der Waals surface area contributed by atoms with Crippen LogP contribution in [0.4, 0.5) is 0 Å². The van der Waals surface area contributed by atoms with Crippen molar-refractivity contribution in [1.82, 2.24) is 0 Å². The monoisotopic (exact) mass is 300 g/mol. The van der Waals surface area contributed by atoms with Crippen molar-refractivity contribution in [1.29, 1.82) is 0 Å². The molecule has 0 aromatic heterocycles. The average Bonchev–Trinajstić information content (AvgIpc) is 2.44. The molecule has 0 aliphatic heterocycles. The van der Waals surface area contributed by atoms with Crippen molar-refractivity contribution in [2.24, 2.45) is 0 Å². The van der Waals surface area contributed by atoms with Gasteiger partial charge in [0.1, 0.15) is 0 Å². The van der Waals surface area contributed by atoms with Gasteiger partial charge in [-0.1, -0.05) is 84.5 Å². The average molecular weight is 301 g/mol. The Hall–Kier alpha value is 0.177. The second-order valence-electron chi connectivity index (χ2n) is 6.85. The molecule has 0 atom stereocenters. The Kier molecular flexibility index (Phi) is 14.3. The van der Waals surface area contributed by atoms with Gasteiger partial charge in [0.2, 0.25) is 0 Å². The Morgan fingerprint density at radius 3 is 1.40 bits per heavy atom. The summed E-state index contributed by atoms with van der Waals surface area (Å²) in [6.45, 7) is 10.2. The SMILES string of the molecule is CCCCCCCCCCCCCCO[Si](C)(C)CC. The maximum Gasteiger partial charge on any atom is 0.186 e. The van der Waals surface area contributed by atoms with E-state index in [-0.39, 0.29) is 0 Å². The summed E-state index contributed by atoms with van der Waals surface area (Å²) in [6.07, 6.45) is 17.0. The van der Waals surface area contributed by atoms with Crippen LogP contribution in [-0.4, -0.2) is 14.9 Å². The molecule has 0 aromatic carbocycles. The highest BCUT2D eigenvalue weighted by molar-refractivity contribution is 6.71. The van der Waals surface area contributed by atoms with E-state index in [9.17, 15) is 0 Å². The summed E-state index contributed by atoms with van der Waals surface area (Å²) in [6, 6.07) is 1.24. The molecule has 0 unspecified atom stereocenters. The van der Waals surface area contributed by atoms with Crippen molar-refractivity contribution < 1.29 is 4.43 Å². The van der Waals surface area contributed by atoms with E-state index in [4.69, 9.17) is 4.43 Å². The maximum atomic E-state index is 6.01. The fourth-order valence-corrected chi connectivity index (χ4v) is 3.29. The first-order valence-electron chi connectivity index (χ1n) is 9.26. The lowest BCUT2D eigenvalue weighted by Crippen LogP contribution is -2.29. The number of rotatable bonds is 15. The molecule has 0 N–H and O–H groups in total. The lowest BCUT2D eigenvalue weighted by atomic mass is 10.1. The first kappa shape index (κ1) is 20.2. The van der Waals surface area contributed by atoms with E-state index in [2.05, 4.69) is 26.9 Å². The summed E-state index contributed by atoms with van der Waals surface area (Å²) < 4.78 is 6.01. The third kappa shape index (κ3) is 14.6. The molecule has 0 aromatic rings. The molecule has 0 heterocycles. The molecule has 1 nitrogen and oxygen atoms in total. The van der Waals surface area contributed by atoms with E-state index < -0.39 is 8.32 Å². The first-order valence-corrected chi connectivity index (χ1v) is 12.4. The highest BCUT2D eigenvalue weighted by Crippen LogP contribution is 2.13. The minimum atomic E-state index is -1.28. The van der Waals surface area contributed by atoms with Gasteiger partial charge in [-0.25, -0.2) is 0 Å². The van der Waals surface area contributed by atoms with Crippen molar-refractivity contribution in [3.05, 3.63) is 0 Å². The van der Waals surface area contributed by atoms with Crippen LogP contribution in [0, 0.1) is 0 Å². The third-order valence-electron chi connectivity index (χ3n) is 4.34. The van der Waals surface area contributed by atoms with Gasteiger partial charge >= 0.3 is 0 Å². The topological polar surface area (TPSA) is 9.23 Å². The van der Waals surface area contributed by atoms with Crippen molar-refractivity contribution in [2.45, 2.75) is 110 Å². The maximum absolute atomic E-state index is 6.01. The van der Waals surface area contributed by atoms with Crippen LogP contribution in [0.15, 0.2) is 0 Å². The van der Waals surface area contributed by atoms with Crippen LogP contribution in [0.1, 0.15) is 90.9 Å². The van der Waals surface area contributed by atoms with Gasteiger partial charge in [0.05, 0.1) is 0 Å². The zero-order valence-corrected chi connectivity index (χ0v) is 15.8. The van der Waals surface area contributed by atoms with Crippen LogP contribution in [0.5, 0.6) is 0 Å². The summed E-state index contributed by atoms with van der Waals surface area (Å²) in [4.78, 5) is 0. The van der Waals surface area contributed by atoms with Gasteiger partial charge < -0.3 is 4.43 Å². The molecule has 0 aliphatic carbocycles. The Morgan fingerprint density at radius 2 is 1.00 bits per heavy atom. The van der Waals surface area contributed by atoms with Gasteiger partial charge in [-0.2, -0.15) is 0 Å². The Morgan fingerprint density at radius 1 is 0.600 bits per heavy atom. The van der Waals surface area contributed by atoms with Crippen LogP contribution in [-0.2, 0) is 4.43 Å². The predicted octanol–water partition coefficient (Wildman–Crippen LogP) is 6.93. The third-order valence-corrected chi connectivity index (χ3v) is 7.03. The molecule has 0 fully saturated rings. The Labute approximate surface area is 130 Å². The molecule has 20 heavy (non-hydrogen) atoms.